The summed E-state index contributed by atoms with van der Waals surface area (Å²) in [4.78, 5) is 17.0. The smallest absolute Gasteiger partial charge is 0.381 e. The first-order chi connectivity index (χ1) is 14.2. The third-order valence-electron chi connectivity index (χ3n) is 5.16. The van der Waals surface area contributed by atoms with Gasteiger partial charge >= 0.3 is 6.18 Å². The van der Waals surface area contributed by atoms with Crippen molar-refractivity contribution in [2.45, 2.75) is 38.8 Å². The Morgan fingerprint density at radius 2 is 1.97 bits per heavy atom. The highest BCUT2D eigenvalue weighted by molar-refractivity contribution is 5.95. The topological polar surface area (TPSA) is 63.2 Å². The summed E-state index contributed by atoms with van der Waals surface area (Å²) in [5.74, 6) is 0.640. The zero-order valence-electron chi connectivity index (χ0n) is 17.1. The molecule has 2 N–H and O–H groups in total. The van der Waals surface area contributed by atoms with Crippen molar-refractivity contribution >= 4 is 17.4 Å². The van der Waals surface area contributed by atoms with E-state index in [9.17, 15) is 18.0 Å². The third-order valence-corrected chi connectivity index (χ3v) is 5.16. The van der Waals surface area contributed by atoms with Crippen molar-refractivity contribution in [2.75, 3.05) is 25.1 Å². The third kappa shape index (κ3) is 5.72. The summed E-state index contributed by atoms with van der Waals surface area (Å²) in [6.07, 6.45) is -1.09. The van der Waals surface area contributed by atoms with Gasteiger partial charge in [-0.15, -0.1) is 0 Å². The van der Waals surface area contributed by atoms with Gasteiger partial charge in [0, 0.05) is 31.6 Å². The van der Waals surface area contributed by atoms with Gasteiger partial charge < -0.3 is 15.4 Å². The first-order valence-electron chi connectivity index (χ1n) is 10.0. The van der Waals surface area contributed by atoms with Gasteiger partial charge in [0.25, 0.3) is 5.91 Å². The minimum Gasteiger partial charge on any atom is -0.381 e. The molecule has 2 aromatic rings. The van der Waals surface area contributed by atoms with Crippen LogP contribution in [0.3, 0.4) is 0 Å². The van der Waals surface area contributed by atoms with Crippen LogP contribution in [-0.2, 0) is 10.9 Å². The molecule has 3 rings (SSSR count). The molecule has 2 heterocycles. The molecule has 1 aromatic heterocycles. The average Bonchev–Trinajstić information content (AvgIpc) is 2.72. The molecule has 1 aliphatic rings. The van der Waals surface area contributed by atoms with E-state index in [2.05, 4.69) is 15.6 Å². The van der Waals surface area contributed by atoms with Crippen LogP contribution >= 0.6 is 0 Å². The van der Waals surface area contributed by atoms with Gasteiger partial charge in [-0.3, -0.25) is 4.79 Å². The second-order valence-electron chi connectivity index (χ2n) is 7.78. The number of alkyl halides is 3. The van der Waals surface area contributed by atoms with Crippen LogP contribution in [0.15, 0.2) is 36.5 Å². The van der Waals surface area contributed by atoms with E-state index >= 15 is 0 Å². The molecule has 0 aliphatic carbocycles. The maximum Gasteiger partial charge on any atom is 0.416 e. The van der Waals surface area contributed by atoms with Crippen LogP contribution in [0.5, 0.6) is 0 Å². The number of nitrogens with zero attached hydrogens (tertiary/aromatic N) is 1. The van der Waals surface area contributed by atoms with Crippen molar-refractivity contribution < 1.29 is 22.7 Å². The Morgan fingerprint density at radius 1 is 1.23 bits per heavy atom. The molecule has 1 saturated heterocycles. The highest BCUT2D eigenvalue weighted by atomic mass is 19.4. The first-order valence-corrected chi connectivity index (χ1v) is 10.0. The predicted octanol–water partition coefficient (Wildman–Crippen LogP) is 5.12. The van der Waals surface area contributed by atoms with Crippen molar-refractivity contribution in [3.8, 4) is 0 Å². The fourth-order valence-corrected chi connectivity index (χ4v) is 3.41. The van der Waals surface area contributed by atoms with E-state index < -0.39 is 11.7 Å². The summed E-state index contributed by atoms with van der Waals surface area (Å²) >= 11 is 0. The minimum atomic E-state index is -4.42. The number of benzene rings is 1. The lowest BCUT2D eigenvalue weighted by atomic mass is 9.97. The summed E-state index contributed by atoms with van der Waals surface area (Å²) in [7, 11) is 0. The Kier molecular flexibility index (Phi) is 6.97. The number of ether oxygens (including phenoxy) is 1. The predicted molar refractivity (Wildman–Crippen MR) is 109 cm³/mol. The lowest BCUT2D eigenvalue weighted by Gasteiger charge is -2.22. The quantitative estimate of drug-likeness (QED) is 0.679. The first kappa shape index (κ1) is 22.1. The molecule has 30 heavy (non-hydrogen) atoms. The summed E-state index contributed by atoms with van der Waals surface area (Å²) in [5, 5.41) is 5.88. The lowest BCUT2D eigenvalue weighted by Crippen LogP contribution is -2.32. The monoisotopic (exact) mass is 421 g/mol. The molecule has 0 saturated carbocycles. The molecular weight excluding hydrogens is 395 g/mol. The van der Waals surface area contributed by atoms with E-state index in [0.29, 0.717) is 23.8 Å². The summed E-state index contributed by atoms with van der Waals surface area (Å²) in [5.41, 5.74) is 0.806. The van der Waals surface area contributed by atoms with E-state index in [1.54, 1.807) is 12.1 Å². The number of rotatable bonds is 6. The number of carbonyl (C=O) groups excluding carboxylic acids is 1. The Balaban J connectivity index is 1.74. The van der Waals surface area contributed by atoms with E-state index in [0.717, 1.165) is 43.8 Å². The van der Waals surface area contributed by atoms with Gasteiger partial charge in [-0.25, -0.2) is 4.98 Å². The molecule has 0 unspecified atom stereocenters. The summed E-state index contributed by atoms with van der Waals surface area (Å²) in [6.45, 7) is 5.94. The average molecular weight is 421 g/mol. The number of anilines is 2. The Morgan fingerprint density at radius 3 is 2.63 bits per heavy atom. The zero-order valence-corrected chi connectivity index (χ0v) is 17.1. The van der Waals surface area contributed by atoms with Gasteiger partial charge in [0.05, 0.1) is 11.1 Å². The zero-order chi connectivity index (χ0) is 21.7. The number of carbonyl (C=O) groups is 1. The van der Waals surface area contributed by atoms with Crippen LogP contribution in [0.4, 0.5) is 24.7 Å². The van der Waals surface area contributed by atoms with Gasteiger partial charge in [-0.2, -0.15) is 13.2 Å². The van der Waals surface area contributed by atoms with Crippen molar-refractivity contribution in [1.29, 1.82) is 0 Å². The molecule has 1 fully saturated rings. The van der Waals surface area contributed by atoms with E-state index in [-0.39, 0.29) is 17.5 Å². The minimum absolute atomic E-state index is 0.0406. The number of hydrogen-bond donors (Lipinski definition) is 2. The summed E-state index contributed by atoms with van der Waals surface area (Å²) in [6, 6.07) is 6.65. The van der Waals surface area contributed by atoms with E-state index in [4.69, 9.17) is 4.74 Å². The SMILES string of the molecule is CC(C)c1cc(Nc2cccc(C(F)(F)F)c2)ncc1C(=O)NCC1CCOCC1. The number of hydrogen-bond acceptors (Lipinski definition) is 4. The molecule has 0 bridgehead atoms. The molecule has 8 heteroatoms. The Labute approximate surface area is 174 Å². The maximum absolute atomic E-state index is 12.9. The Hall–Kier alpha value is -2.61. The van der Waals surface area contributed by atoms with Crippen LogP contribution in [0.25, 0.3) is 0 Å². The molecule has 0 radical (unpaired) electrons. The molecule has 1 aromatic carbocycles. The standard InChI is InChI=1S/C22H26F3N3O2/c1-14(2)18-11-20(28-17-5-3-4-16(10-17)22(23,24)25)26-13-19(18)21(29)27-12-15-6-8-30-9-7-15/h3-5,10-11,13-15H,6-9,12H2,1-2H3,(H,26,28)(H,27,29). The molecular formula is C22H26F3N3O2. The maximum atomic E-state index is 12.9. The van der Waals surface area contributed by atoms with Crippen LogP contribution in [0.2, 0.25) is 0 Å². The lowest BCUT2D eigenvalue weighted by molar-refractivity contribution is -0.137. The van der Waals surface area contributed by atoms with Crippen molar-refractivity contribution in [2.24, 2.45) is 5.92 Å². The van der Waals surface area contributed by atoms with Crippen molar-refractivity contribution in [3.63, 3.8) is 0 Å². The fourth-order valence-electron chi connectivity index (χ4n) is 3.41. The summed E-state index contributed by atoms with van der Waals surface area (Å²) < 4.78 is 44.1. The largest absolute Gasteiger partial charge is 0.416 e. The van der Waals surface area contributed by atoms with Crippen molar-refractivity contribution in [1.82, 2.24) is 10.3 Å². The number of aromatic nitrogens is 1. The number of halogens is 3. The van der Waals surface area contributed by atoms with Crippen LogP contribution in [-0.4, -0.2) is 30.6 Å². The number of pyridine rings is 1. The normalized spacial score (nSPS) is 15.3. The molecule has 5 nitrogen and oxygen atoms in total. The fraction of sp³-hybridized carbons (Fsp3) is 0.455. The molecule has 162 valence electrons. The number of nitrogens with one attached hydrogen (secondary N) is 2. The second-order valence-corrected chi connectivity index (χ2v) is 7.78. The van der Waals surface area contributed by atoms with Crippen LogP contribution in [0, 0.1) is 5.92 Å². The van der Waals surface area contributed by atoms with Gasteiger partial charge in [-0.1, -0.05) is 19.9 Å². The second kappa shape index (κ2) is 9.47. The van der Waals surface area contributed by atoms with Gasteiger partial charge in [0.1, 0.15) is 5.82 Å². The van der Waals surface area contributed by atoms with Gasteiger partial charge in [0.15, 0.2) is 0 Å². The van der Waals surface area contributed by atoms with Crippen LogP contribution < -0.4 is 10.6 Å². The van der Waals surface area contributed by atoms with Crippen molar-refractivity contribution in [3.05, 3.63) is 53.2 Å². The molecule has 0 spiro atoms. The molecule has 0 atom stereocenters. The molecule has 1 aliphatic heterocycles. The highest BCUT2D eigenvalue weighted by Crippen LogP contribution is 2.31. The van der Waals surface area contributed by atoms with Gasteiger partial charge in [0.2, 0.25) is 0 Å². The van der Waals surface area contributed by atoms with E-state index in [1.165, 1.54) is 12.3 Å². The highest BCUT2D eigenvalue weighted by Gasteiger charge is 2.30. The van der Waals surface area contributed by atoms with Crippen LogP contribution in [0.1, 0.15) is 54.1 Å². The Bertz CT molecular complexity index is 878. The molecule has 1 amide bonds. The van der Waals surface area contributed by atoms with E-state index in [1.807, 2.05) is 13.8 Å². The van der Waals surface area contributed by atoms with Gasteiger partial charge in [-0.05, 0) is 54.5 Å². The number of amides is 1.